The van der Waals surface area contributed by atoms with E-state index in [4.69, 9.17) is 14.1 Å². The van der Waals surface area contributed by atoms with E-state index in [9.17, 15) is 13.6 Å². The Kier molecular flexibility index (Phi) is 6.68. The van der Waals surface area contributed by atoms with Gasteiger partial charge in [-0.25, -0.2) is 18.8 Å². The van der Waals surface area contributed by atoms with Gasteiger partial charge in [0.1, 0.15) is 0 Å². The van der Waals surface area contributed by atoms with Gasteiger partial charge >= 0.3 is 6.01 Å². The summed E-state index contributed by atoms with van der Waals surface area (Å²) in [5.41, 5.74) is 3.32. The van der Waals surface area contributed by atoms with Gasteiger partial charge in [-0.05, 0) is 12.1 Å². The van der Waals surface area contributed by atoms with E-state index in [2.05, 4.69) is 25.8 Å². The molecule has 2 aromatic carbocycles. The van der Waals surface area contributed by atoms with Gasteiger partial charge in [-0.1, -0.05) is 53.6 Å². The van der Waals surface area contributed by atoms with Crippen LogP contribution in [0.1, 0.15) is 23.1 Å². The molecule has 0 spiro atoms. The number of amides is 1. The predicted octanol–water partition coefficient (Wildman–Crippen LogP) is 4.13. The zero-order chi connectivity index (χ0) is 26.8. The predicted molar refractivity (Wildman–Crippen MR) is 140 cm³/mol. The van der Waals surface area contributed by atoms with E-state index < -0.39 is 18.5 Å². The number of benzodiazepines with no additional fused rings is 1. The van der Waals surface area contributed by atoms with Gasteiger partial charge in [0, 0.05) is 36.0 Å². The van der Waals surface area contributed by atoms with Crippen molar-refractivity contribution in [3.63, 3.8) is 0 Å². The Hall–Kier alpha value is -4.71. The van der Waals surface area contributed by atoms with Crippen LogP contribution in [0.4, 0.5) is 26.2 Å². The molecule has 0 bridgehead atoms. The molecule has 0 radical (unpaired) electrons. The Morgan fingerprint density at radius 1 is 1.03 bits per heavy atom. The Labute approximate surface area is 221 Å². The lowest BCUT2D eigenvalue weighted by atomic mass is 10.0. The summed E-state index contributed by atoms with van der Waals surface area (Å²) in [4.78, 5) is 23.9. The van der Waals surface area contributed by atoms with Crippen LogP contribution >= 0.6 is 0 Å². The number of rotatable bonds is 6. The number of benzene rings is 2. The molecule has 2 aromatic heterocycles. The molecule has 10 nitrogen and oxygen atoms in total. The maximum absolute atomic E-state index is 13.4. The fourth-order valence-corrected chi connectivity index (χ4v) is 4.47. The number of fused-ring (bicyclic) bond motifs is 1. The third-order valence-electron chi connectivity index (χ3n) is 6.37. The molecule has 12 heteroatoms. The number of hydrogen-bond acceptors (Lipinski definition) is 9. The van der Waals surface area contributed by atoms with E-state index in [0.717, 1.165) is 17.3 Å². The molecule has 39 heavy (non-hydrogen) atoms. The molecule has 6 rings (SSSR count). The van der Waals surface area contributed by atoms with Crippen LogP contribution in [-0.2, 0) is 9.53 Å². The van der Waals surface area contributed by atoms with Crippen molar-refractivity contribution < 1.29 is 22.7 Å². The average Bonchev–Trinajstić information content (AvgIpc) is 3.39. The molecule has 0 aliphatic carbocycles. The maximum atomic E-state index is 13.4. The van der Waals surface area contributed by atoms with Crippen LogP contribution in [0, 0.1) is 0 Å². The fraction of sp³-hybridized carbons (Fsp3) is 0.222. The van der Waals surface area contributed by atoms with Crippen molar-refractivity contribution in [2.75, 3.05) is 41.8 Å². The normalized spacial score (nSPS) is 17.3. The van der Waals surface area contributed by atoms with Gasteiger partial charge in [-0.3, -0.25) is 4.79 Å². The van der Waals surface area contributed by atoms with E-state index in [1.54, 1.807) is 6.07 Å². The first-order valence-electron chi connectivity index (χ1n) is 12.3. The van der Waals surface area contributed by atoms with Crippen molar-refractivity contribution in [3.05, 3.63) is 83.6 Å². The summed E-state index contributed by atoms with van der Waals surface area (Å²) < 4.78 is 38.1. The second-order valence-corrected chi connectivity index (χ2v) is 8.87. The number of nitrogens with zero attached hydrogens (tertiary/aromatic N) is 5. The topological polar surface area (TPSA) is 118 Å². The van der Waals surface area contributed by atoms with Gasteiger partial charge in [0.05, 0.1) is 30.3 Å². The molecule has 1 atom stereocenters. The highest BCUT2D eigenvalue weighted by molar-refractivity contribution is 6.19. The number of pyridine rings is 1. The van der Waals surface area contributed by atoms with Crippen LogP contribution in [0.25, 0.3) is 11.6 Å². The number of nitrogens with one attached hydrogen (secondary N) is 2. The Bertz CT molecular complexity index is 1520. The van der Waals surface area contributed by atoms with Gasteiger partial charge in [0.2, 0.25) is 6.17 Å². The number of ether oxygens (including phenoxy) is 1. The molecule has 4 heterocycles. The lowest BCUT2D eigenvalue weighted by molar-refractivity contribution is -0.116. The molecule has 1 amide bonds. The Morgan fingerprint density at radius 3 is 2.59 bits per heavy atom. The minimum Gasteiger partial charge on any atom is -0.402 e. The first-order chi connectivity index (χ1) is 19.1. The van der Waals surface area contributed by atoms with Gasteiger partial charge < -0.3 is 24.7 Å². The molecule has 1 fully saturated rings. The standard InChI is InChI=1S/C27H23F2N7O3/c28-23(29)17-14-20(36-10-12-38-13-11-36)22(30-15-17)26-34-35-27(39-26)33-24-25(37)31-19-9-5-4-8-18(19)21(32-24)16-6-2-1-3-7-16/h1-9,14-15,23-24H,10-13H2,(H,31,37)(H,33,35)/t24-/m1/s1. The molecule has 2 aliphatic heterocycles. The minimum absolute atomic E-state index is 0.0180. The smallest absolute Gasteiger partial charge is 0.317 e. The van der Waals surface area contributed by atoms with Crippen LogP contribution in [-0.4, -0.2) is 59.3 Å². The first-order valence-corrected chi connectivity index (χ1v) is 12.3. The summed E-state index contributed by atoms with van der Waals surface area (Å²) in [7, 11) is 0. The SMILES string of the molecule is O=C1Nc2ccccc2C(c2ccccc2)=N[C@@H]1Nc1nnc(-c2ncc(C(F)F)cc2N2CCOCC2)o1. The Balaban J connectivity index is 1.33. The van der Waals surface area contributed by atoms with Crippen molar-refractivity contribution >= 4 is 29.0 Å². The molecular weight excluding hydrogens is 508 g/mol. The van der Waals surface area contributed by atoms with Crippen LogP contribution in [0.15, 0.2) is 76.3 Å². The number of morpholine rings is 1. The fourth-order valence-electron chi connectivity index (χ4n) is 4.47. The summed E-state index contributed by atoms with van der Waals surface area (Å²) in [6, 6.07) is 18.2. The van der Waals surface area contributed by atoms with Crippen molar-refractivity contribution in [2.24, 2.45) is 4.99 Å². The van der Waals surface area contributed by atoms with Gasteiger partial charge in [-0.15, -0.1) is 5.10 Å². The lowest BCUT2D eigenvalue weighted by Crippen LogP contribution is -2.36. The van der Waals surface area contributed by atoms with Crippen molar-refractivity contribution in [1.29, 1.82) is 0 Å². The summed E-state index contributed by atoms with van der Waals surface area (Å²) >= 11 is 0. The van der Waals surface area contributed by atoms with Crippen molar-refractivity contribution in [3.8, 4) is 11.6 Å². The van der Waals surface area contributed by atoms with E-state index >= 15 is 0 Å². The van der Waals surface area contributed by atoms with Gasteiger partial charge in [-0.2, -0.15) is 0 Å². The number of carbonyl (C=O) groups is 1. The second-order valence-electron chi connectivity index (χ2n) is 8.87. The largest absolute Gasteiger partial charge is 0.402 e. The van der Waals surface area contributed by atoms with Crippen LogP contribution in [0.5, 0.6) is 0 Å². The van der Waals surface area contributed by atoms with Crippen LogP contribution in [0.3, 0.4) is 0 Å². The quantitative estimate of drug-likeness (QED) is 0.381. The summed E-state index contributed by atoms with van der Waals surface area (Å²) in [6.07, 6.45) is -2.68. The second kappa shape index (κ2) is 10.6. The van der Waals surface area contributed by atoms with Gasteiger partial charge in [0.25, 0.3) is 18.2 Å². The lowest BCUT2D eigenvalue weighted by Gasteiger charge is -2.29. The highest BCUT2D eigenvalue weighted by Gasteiger charge is 2.28. The summed E-state index contributed by atoms with van der Waals surface area (Å²) in [5.74, 6) is -0.397. The van der Waals surface area contributed by atoms with Crippen molar-refractivity contribution in [1.82, 2.24) is 15.2 Å². The molecule has 2 N–H and O–H groups in total. The van der Waals surface area contributed by atoms with Crippen LogP contribution < -0.4 is 15.5 Å². The zero-order valence-corrected chi connectivity index (χ0v) is 20.6. The highest BCUT2D eigenvalue weighted by Crippen LogP contribution is 2.33. The number of aliphatic imine (C=N–C) groups is 1. The van der Waals surface area contributed by atoms with E-state index in [1.807, 2.05) is 53.4 Å². The van der Waals surface area contributed by atoms with Gasteiger partial charge in [0.15, 0.2) is 5.69 Å². The maximum Gasteiger partial charge on any atom is 0.317 e. The third-order valence-corrected chi connectivity index (χ3v) is 6.37. The summed E-state index contributed by atoms with van der Waals surface area (Å²) in [5, 5.41) is 13.9. The number of para-hydroxylation sites is 1. The Morgan fingerprint density at radius 2 is 1.79 bits per heavy atom. The van der Waals surface area contributed by atoms with Crippen molar-refractivity contribution in [2.45, 2.75) is 12.6 Å². The van der Waals surface area contributed by atoms with E-state index in [-0.39, 0.29) is 23.2 Å². The number of alkyl halides is 2. The minimum atomic E-state index is -2.68. The monoisotopic (exact) mass is 531 g/mol. The highest BCUT2D eigenvalue weighted by atomic mass is 19.3. The van der Waals surface area contributed by atoms with E-state index in [0.29, 0.717) is 43.4 Å². The molecule has 2 aliphatic rings. The number of halogens is 2. The average molecular weight is 532 g/mol. The molecule has 0 saturated carbocycles. The molecule has 4 aromatic rings. The molecular formula is C27H23F2N7O3. The number of carbonyl (C=O) groups excluding carboxylic acids is 1. The first kappa shape index (κ1) is 24.6. The number of anilines is 3. The molecule has 0 unspecified atom stereocenters. The summed E-state index contributed by atoms with van der Waals surface area (Å²) in [6.45, 7) is 1.91. The third kappa shape index (κ3) is 5.06. The molecule has 198 valence electrons. The van der Waals surface area contributed by atoms with E-state index in [1.165, 1.54) is 6.07 Å². The zero-order valence-electron chi connectivity index (χ0n) is 20.6. The number of aromatic nitrogens is 3. The van der Waals surface area contributed by atoms with Crippen LogP contribution in [0.2, 0.25) is 0 Å². The molecule has 1 saturated heterocycles. The number of hydrogen-bond donors (Lipinski definition) is 2.